The van der Waals surface area contributed by atoms with Gasteiger partial charge in [-0.25, -0.2) is 0 Å². The molecule has 104 valence electrons. The fraction of sp³-hybridized carbons (Fsp3) is 0.467. The van der Waals surface area contributed by atoms with E-state index >= 15 is 0 Å². The summed E-state index contributed by atoms with van der Waals surface area (Å²) in [6.45, 7) is 6.51. The van der Waals surface area contributed by atoms with E-state index in [0.717, 1.165) is 12.0 Å². The van der Waals surface area contributed by atoms with Crippen molar-refractivity contribution in [1.82, 2.24) is 5.32 Å². The number of nitrogens with two attached hydrogens (primary N) is 1. The molecule has 1 rings (SSSR count). The van der Waals surface area contributed by atoms with Gasteiger partial charge in [0.05, 0.1) is 10.9 Å². The monoisotopic (exact) mass is 278 g/mol. The highest BCUT2D eigenvalue weighted by Crippen LogP contribution is 2.12. The van der Waals surface area contributed by atoms with Gasteiger partial charge in [-0.2, -0.15) is 0 Å². The van der Waals surface area contributed by atoms with Gasteiger partial charge >= 0.3 is 0 Å². The number of thiocarbonyl (C=S) groups is 1. The summed E-state index contributed by atoms with van der Waals surface area (Å²) in [5.74, 6) is -0.382. The first-order valence-electron chi connectivity index (χ1n) is 6.60. The summed E-state index contributed by atoms with van der Waals surface area (Å²) in [4.78, 5) is 12.3. The van der Waals surface area contributed by atoms with Crippen molar-refractivity contribution in [3.63, 3.8) is 0 Å². The number of hydrogen-bond acceptors (Lipinski definition) is 2. The molecule has 0 saturated heterocycles. The molecule has 0 aliphatic heterocycles. The minimum Gasteiger partial charge on any atom is -0.393 e. The molecule has 0 aliphatic rings. The van der Waals surface area contributed by atoms with Crippen LogP contribution in [0.1, 0.15) is 31.9 Å². The maximum atomic E-state index is 12.0. The Morgan fingerprint density at radius 1 is 1.26 bits per heavy atom. The van der Waals surface area contributed by atoms with Crippen LogP contribution in [0.25, 0.3) is 0 Å². The quantitative estimate of drug-likeness (QED) is 0.786. The van der Waals surface area contributed by atoms with Crippen molar-refractivity contribution in [3.05, 3.63) is 35.4 Å². The first-order chi connectivity index (χ1) is 8.95. The molecule has 3 N–H and O–H groups in total. The SMILES string of the molecule is CCc1ccc(CNC(=O)C(C(N)=S)C(C)C)cc1. The molecule has 0 aromatic heterocycles. The molecule has 0 spiro atoms. The van der Waals surface area contributed by atoms with Crippen molar-refractivity contribution in [2.75, 3.05) is 0 Å². The summed E-state index contributed by atoms with van der Waals surface area (Å²) in [6, 6.07) is 8.22. The first kappa shape index (κ1) is 15.6. The fourth-order valence-corrected chi connectivity index (χ4v) is 2.33. The molecule has 3 nitrogen and oxygen atoms in total. The van der Waals surface area contributed by atoms with Gasteiger partial charge in [0.15, 0.2) is 0 Å². The van der Waals surface area contributed by atoms with Gasteiger partial charge in [-0.1, -0.05) is 57.3 Å². The van der Waals surface area contributed by atoms with Gasteiger partial charge in [-0.15, -0.1) is 0 Å². The van der Waals surface area contributed by atoms with Crippen LogP contribution in [0.5, 0.6) is 0 Å². The maximum Gasteiger partial charge on any atom is 0.230 e. The zero-order valence-electron chi connectivity index (χ0n) is 11.8. The van der Waals surface area contributed by atoms with E-state index in [1.54, 1.807) is 0 Å². The van der Waals surface area contributed by atoms with Crippen LogP contribution >= 0.6 is 12.2 Å². The van der Waals surface area contributed by atoms with E-state index in [9.17, 15) is 4.79 Å². The molecule has 0 heterocycles. The molecule has 19 heavy (non-hydrogen) atoms. The highest BCUT2D eigenvalue weighted by atomic mass is 32.1. The number of amides is 1. The van der Waals surface area contributed by atoms with Crippen LogP contribution in [-0.4, -0.2) is 10.9 Å². The van der Waals surface area contributed by atoms with Gasteiger partial charge in [0, 0.05) is 6.54 Å². The number of nitrogens with one attached hydrogen (secondary N) is 1. The van der Waals surface area contributed by atoms with Crippen LogP contribution in [0, 0.1) is 11.8 Å². The molecule has 0 aliphatic carbocycles. The van der Waals surface area contributed by atoms with E-state index in [1.807, 2.05) is 26.0 Å². The van der Waals surface area contributed by atoms with Crippen molar-refractivity contribution in [2.45, 2.75) is 33.7 Å². The first-order valence-corrected chi connectivity index (χ1v) is 7.01. The lowest BCUT2D eigenvalue weighted by Crippen LogP contribution is -2.40. The largest absolute Gasteiger partial charge is 0.393 e. The van der Waals surface area contributed by atoms with Crippen molar-refractivity contribution >= 4 is 23.1 Å². The Labute approximate surface area is 120 Å². The topological polar surface area (TPSA) is 55.1 Å². The molecule has 1 atom stereocenters. The Morgan fingerprint density at radius 3 is 2.21 bits per heavy atom. The van der Waals surface area contributed by atoms with Crippen molar-refractivity contribution in [2.24, 2.45) is 17.6 Å². The summed E-state index contributed by atoms with van der Waals surface area (Å²) in [7, 11) is 0. The molecule has 1 aromatic carbocycles. The van der Waals surface area contributed by atoms with Gasteiger partial charge in [-0.05, 0) is 23.5 Å². The Kier molecular flexibility index (Phi) is 5.96. The van der Waals surface area contributed by atoms with Crippen molar-refractivity contribution in [3.8, 4) is 0 Å². The third-order valence-corrected chi connectivity index (χ3v) is 3.41. The standard InChI is InChI=1S/C15H22N2OS/c1-4-11-5-7-12(8-6-11)9-17-15(18)13(10(2)3)14(16)19/h5-8,10,13H,4,9H2,1-3H3,(H2,16,19)(H,17,18). The molecule has 0 bridgehead atoms. The highest BCUT2D eigenvalue weighted by Gasteiger charge is 2.24. The average Bonchev–Trinajstić information content (AvgIpc) is 2.36. The predicted molar refractivity (Wildman–Crippen MR) is 82.8 cm³/mol. The Hall–Kier alpha value is -1.42. The van der Waals surface area contributed by atoms with E-state index in [-0.39, 0.29) is 16.8 Å². The summed E-state index contributed by atoms with van der Waals surface area (Å²) in [5, 5.41) is 2.89. The number of rotatable bonds is 6. The van der Waals surface area contributed by atoms with E-state index in [0.29, 0.717) is 6.54 Å². The summed E-state index contributed by atoms with van der Waals surface area (Å²) < 4.78 is 0. The van der Waals surface area contributed by atoms with Gasteiger partial charge in [0.1, 0.15) is 0 Å². The van der Waals surface area contributed by atoms with Crippen LogP contribution in [0.2, 0.25) is 0 Å². The van der Waals surface area contributed by atoms with Gasteiger partial charge in [0.2, 0.25) is 5.91 Å². The van der Waals surface area contributed by atoms with Gasteiger partial charge < -0.3 is 11.1 Å². The Bertz CT molecular complexity index is 440. The smallest absolute Gasteiger partial charge is 0.230 e. The predicted octanol–water partition coefficient (Wildman–Crippen LogP) is 2.42. The second-order valence-electron chi connectivity index (χ2n) is 5.01. The van der Waals surface area contributed by atoms with Gasteiger partial charge in [-0.3, -0.25) is 4.79 Å². The van der Waals surface area contributed by atoms with E-state index in [2.05, 4.69) is 24.4 Å². The lowest BCUT2D eigenvalue weighted by Gasteiger charge is -2.18. The molecular formula is C15H22N2OS. The van der Waals surface area contributed by atoms with Crippen LogP contribution < -0.4 is 11.1 Å². The minimum atomic E-state index is -0.398. The van der Waals surface area contributed by atoms with E-state index in [4.69, 9.17) is 18.0 Å². The Morgan fingerprint density at radius 2 is 1.79 bits per heavy atom. The molecule has 0 saturated carbocycles. The fourth-order valence-electron chi connectivity index (χ4n) is 1.95. The second-order valence-corrected chi connectivity index (χ2v) is 5.48. The summed E-state index contributed by atoms with van der Waals surface area (Å²) >= 11 is 4.95. The zero-order chi connectivity index (χ0) is 14.4. The van der Waals surface area contributed by atoms with E-state index in [1.165, 1.54) is 5.56 Å². The average molecular weight is 278 g/mol. The molecule has 0 radical (unpaired) electrons. The highest BCUT2D eigenvalue weighted by molar-refractivity contribution is 7.80. The molecular weight excluding hydrogens is 256 g/mol. The maximum absolute atomic E-state index is 12.0. The number of hydrogen-bond donors (Lipinski definition) is 2. The summed E-state index contributed by atoms with van der Waals surface area (Å²) in [5.41, 5.74) is 7.99. The number of carbonyl (C=O) groups excluding carboxylic acids is 1. The second kappa shape index (κ2) is 7.24. The molecule has 0 fully saturated rings. The van der Waals surface area contributed by atoms with E-state index < -0.39 is 5.92 Å². The van der Waals surface area contributed by atoms with Crippen LogP contribution in [0.4, 0.5) is 0 Å². The van der Waals surface area contributed by atoms with Crippen molar-refractivity contribution in [1.29, 1.82) is 0 Å². The number of benzene rings is 1. The van der Waals surface area contributed by atoms with Crippen LogP contribution in [0.3, 0.4) is 0 Å². The zero-order valence-corrected chi connectivity index (χ0v) is 12.6. The van der Waals surface area contributed by atoms with Crippen molar-refractivity contribution < 1.29 is 4.79 Å². The molecule has 1 amide bonds. The molecule has 1 unspecified atom stereocenters. The molecule has 1 aromatic rings. The Balaban J connectivity index is 2.59. The van der Waals surface area contributed by atoms with Crippen LogP contribution in [-0.2, 0) is 17.8 Å². The lowest BCUT2D eigenvalue weighted by molar-refractivity contribution is -0.124. The lowest BCUT2D eigenvalue weighted by atomic mass is 9.95. The summed E-state index contributed by atoms with van der Waals surface area (Å²) in [6.07, 6.45) is 1.02. The third-order valence-electron chi connectivity index (χ3n) is 3.15. The number of aryl methyl sites for hydroxylation is 1. The van der Waals surface area contributed by atoms with Crippen LogP contribution in [0.15, 0.2) is 24.3 Å². The number of carbonyl (C=O) groups is 1. The molecule has 4 heteroatoms. The minimum absolute atomic E-state index is 0.0953. The third kappa shape index (κ3) is 4.63. The normalized spacial score (nSPS) is 12.2. The van der Waals surface area contributed by atoms with Gasteiger partial charge in [0.25, 0.3) is 0 Å².